The number of hydrogen-bond acceptors (Lipinski definition) is 6. The van der Waals surface area contributed by atoms with E-state index in [1.807, 2.05) is 18.9 Å². The Hall–Kier alpha value is -2.48. The number of fused-ring (bicyclic) bond motifs is 1. The molecule has 0 radical (unpaired) electrons. The van der Waals surface area contributed by atoms with E-state index in [1.54, 1.807) is 45.0 Å². The molecule has 0 aliphatic carbocycles. The molecule has 0 amide bonds. The van der Waals surface area contributed by atoms with E-state index in [-0.39, 0.29) is 41.6 Å². The normalized spacial score (nSPS) is 20.9. The average molecular weight is 519 g/mol. The van der Waals surface area contributed by atoms with Crippen molar-refractivity contribution in [1.29, 1.82) is 0 Å². The fraction of sp³-hybridized carbons (Fsp3) is 0.481. The van der Waals surface area contributed by atoms with Gasteiger partial charge in [-0.1, -0.05) is 30.9 Å². The Labute approximate surface area is 213 Å². The van der Waals surface area contributed by atoms with Crippen LogP contribution < -0.4 is 4.74 Å². The molecule has 1 heterocycles. The molecule has 3 atom stereocenters. The van der Waals surface area contributed by atoms with Crippen LogP contribution in [0, 0.1) is 23.6 Å². The first-order valence-corrected chi connectivity index (χ1v) is 13.4. The molecule has 36 heavy (non-hydrogen) atoms. The van der Waals surface area contributed by atoms with Crippen molar-refractivity contribution in [2.45, 2.75) is 56.9 Å². The number of benzene rings is 2. The van der Waals surface area contributed by atoms with E-state index in [9.17, 15) is 23.0 Å². The summed E-state index contributed by atoms with van der Waals surface area (Å²) in [5.74, 6) is 5.29. The zero-order valence-corrected chi connectivity index (χ0v) is 22.2. The molecule has 0 aromatic heterocycles. The number of ether oxygens (including phenoxy) is 1. The third-order valence-corrected chi connectivity index (χ3v) is 8.06. The van der Waals surface area contributed by atoms with Gasteiger partial charge in [0.25, 0.3) is 0 Å². The number of likely N-dealkylation sites (N-methyl/N-ethyl adjacent to an activating group) is 1. The monoisotopic (exact) mass is 518 g/mol. The van der Waals surface area contributed by atoms with Gasteiger partial charge in [0.2, 0.25) is 10.0 Å². The summed E-state index contributed by atoms with van der Waals surface area (Å²) in [5.41, 5.74) is 0.254. The van der Waals surface area contributed by atoms with Gasteiger partial charge >= 0.3 is 0 Å². The Morgan fingerprint density at radius 2 is 1.92 bits per heavy atom. The number of halogens is 1. The summed E-state index contributed by atoms with van der Waals surface area (Å²) in [4.78, 5) is 2.05. The Morgan fingerprint density at radius 3 is 2.53 bits per heavy atom. The SMILES string of the molecule is C[C@@H]1CN([C@H](C)CO)S(=O)(=O)c2ccc(C#CC(C)(C)O)cc2O[C@H]1CN(C)Cc1ccc(F)cc1. The van der Waals surface area contributed by atoms with Crippen molar-refractivity contribution in [3.05, 3.63) is 59.4 Å². The molecule has 0 saturated heterocycles. The minimum Gasteiger partial charge on any atom is -0.487 e. The highest BCUT2D eigenvalue weighted by Gasteiger charge is 2.38. The molecule has 0 saturated carbocycles. The van der Waals surface area contributed by atoms with E-state index in [1.165, 1.54) is 22.5 Å². The van der Waals surface area contributed by atoms with Crippen molar-refractivity contribution in [3.63, 3.8) is 0 Å². The van der Waals surface area contributed by atoms with Crippen LogP contribution in [0.4, 0.5) is 4.39 Å². The van der Waals surface area contributed by atoms with E-state index < -0.39 is 21.7 Å². The van der Waals surface area contributed by atoms with Crippen LogP contribution in [0.25, 0.3) is 0 Å². The Bertz CT molecular complexity index is 1220. The van der Waals surface area contributed by atoms with Gasteiger partial charge in [0.05, 0.1) is 6.61 Å². The molecule has 9 heteroatoms. The summed E-state index contributed by atoms with van der Waals surface area (Å²) >= 11 is 0. The van der Waals surface area contributed by atoms with Gasteiger partial charge in [0.1, 0.15) is 28.2 Å². The predicted octanol–water partition coefficient (Wildman–Crippen LogP) is 2.85. The lowest BCUT2D eigenvalue weighted by atomic mass is 10.0. The molecular formula is C27H35FN2O5S. The zero-order chi connectivity index (χ0) is 26.7. The third kappa shape index (κ3) is 7.05. The average Bonchev–Trinajstić information content (AvgIpc) is 2.80. The van der Waals surface area contributed by atoms with Crippen LogP contribution in [-0.2, 0) is 16.6 Å². The topological polar surface area (TPSA) is 90.3 Å². The van der Waals surface area contributed by atoms with Crippen molar-refractivity contribution < 1.29 is 27.8 Å². The Kier molecular flexibility index (Phi) is 8.80. The number of rotatable bonds is 6. The van der Waals surface area contributed by atoms with E-state index in [0.717, 1.165) is 5.56 Å². The molecule has 2 N–H and O–H groups in total. The van der Waals surface area contributed by atoms with Crippen molar-refractivity contribution in [2.24, 2.45) is 5.92 Å². The first kappa shape index (κ1) is 28.1. The minimum absolute atomic E-state index is 0.00898. The van der Waals surface area contributed by atoms with Gasteiger partial charge in [-0.15, -0.1) is 0 Å². The minimum atomic E-state index is -3.95. The predicted molar refractivity (Wildman–Crippen MR) is 136 cm³/mol. The lowest BCUT2D eigenvalue weighted by molar-refractivity contribution is 0.0733. The molecule has 2 aromatic rings. The highest BCUT2D eigenvalue weighted by molar-refractivity contribution is 7.89. The van der Waals surface area contributed by atoms with Crippen LogP contribution in [0.5, 0.6) is 5.75 Å². The fourth-order valence-corrected chi connectivity index (χ4v) is 5.85. The van der Waals surface area contributed by atoms with Crippen molar-refractivity contribution >= 4 is 10.0 Å². The van der Waals surface area contributed by atoms with Crippen molar-refractivity contribution in [1.82, 2.24) is 9.21 Å². The van der Waals surface area contributed by atoms with Gasteiger partial charge in [-0.2, -0.15) is 4.31 Å². The molecule has 0 unspecified atom stereocenters. The number of aliphatic hydroxyl groups is 2. The molecular weight excluding hydrogens is 483 g/mol. The van der Waals surface area contributed by atoms with Crippen LogP contribution in [0.3, 0.4) is 0 Å². The third-order valence-electron chi connectivity index (χ3n) is 6.04. The van der Waals surface area contributed by atoms with Crippen LogP contribution in [0.15, 0.2) is 47.4 Å². The summed E-state index contributed by atoms with van der Waals surface area (Å²) in [5, 5.41) is 19.7. The van der Waals surface area contributed by atoms with E-state index in [4.69, 9.17) is 4.74 Å². The standard InChI is InChI=1S/C27H35FN2O5S/c1-19-15-30(20(2)18-31)36(33,34)26-11-8-21(12-13-27(3,4)32)14-24(26)35-25(19)17-29(5)16-22-6-9-23(28)10-7-22/h6-11,14,19-20,25,31-32H,15-18H2,1-5H3/t19-,20-,25+/m1/s1. The molecule has 3 rings (SSSR count). The van der Waals surface area contributed by atoms with Crippen molar-refractivity contribution in [2.75, 3.05) is 26.7 Å². The summed E-state index contributed by atoms with van der Waals surface area (Å²) in [6, 6.07) is 10.3. The second-order valence-electron chi connectivity index (χ2n) is 10.0. The van der Waals surface area contributed by atoms with Gasteiger partial charge in [-0.3, -0.25) is 4.90 Å². The Balaban J connectivity index is 1.99. The maximum Gasteiger partial charge on any atom is 0.247 e. The number of hydrogen-bond donors (Lipinski definition) is 2. The van der Waals surface area contributed by atoms with E-state index in [0.29, 0.717) is 18.7 Å². The van der Waals surface area contributed by atoms with Gasteiger partial charge in [-0.25, -0.2) is 12.8 Å². The summed E-state index contributed by atoms with van der Waals surface area (Å²) < 4.78 is 48.1. The van der Waals surface area contributed by atoms with Gasteiger partial charge in [0.15, 0.2) is 0 Å². The number of sulfonamides is 1. The van der Waals surface area contributed by atoms with Crippen LogP contribution >= 0.6 is 0 Å². The maximum atomic E-state index is 13.6. The zero-order valence-electron chi connectivity index (χ0n) is 21.4. The number of aliphatic hydroxyl groups excluding tert-OH is 1. The fourth-order valence-electron chi connectivity index (χ4n) is 4.02. The lowest BCUT2D eigenvalue weighted by Crippen LogP contribution is -2.49. The largest absolute Gasteiger partial charge is 0.487 e. The van der Waals surface area contributed by atoms with Crippen LogP contribution in [0.1, 0.15) is 38.8 Å². The van der Waals surface area contributed by atoms with Gasteiger partial charge in [-0.05, 0) is 63.7 Å². The molecule has 0 fully saturated rings. The van der Waals surface area contributed by atoms with E-state index in [2.05, 4.69) is 11.8 Å². The molecule has 2 aromatic carbocycles. The summed E-state index contributed by atoms with van der Waals surface area (Å²) in [7, 11) is -2.02. The first-order chi connectivity index (χ1) is 16.8. The smallest absolute Gasteiger partial charge is 0.247 e. The maximum absolute atomic E-state index is 13.6. The Morgan fingerprint density at radius 1 is 1.25 bits per heavy atom. The highest BCUT2D eigenvalue weighted by atomic mass is 32.2. The molecule has 7 nitrogen and oxygen atoms in total. The molecule has 0 spiro atoms. The number of nitrogens with zero attached hydrogens (tertiary/aromatic N) is 2. The second kappa shape index (κ2) is 11.3. The van der Waals surface area contributed by atoms with Gasteiger partial charge in [0, 0.05) is 37.2 Å². The quantitative estimate of drug-likeness (QED) is 0.572. The molecule has 1 aliphatic rings. The van der Waals surface area contributed by atoms with E-state index >= 15 is 0 Å². The highest BCUT2D eigenvalue weighted by Crippen LogP contribution is 2.34. The second-order valence-corrected chi connectivity index (χ2v) is 11.9. The first-order valence-electron chi connectivity index (χ1n) is 11.9. The van der Waals surface area contributed by atoms with Gasteiger partial charge < -0.3 is 14.9 Å². The van der Waals surface area contributed by atoms with Crippen LogP contribution in [-0.4, -0.2) is 72.3 Å². The molecule has 1 aliphatic heterocycles. The lowest BCUT2D eigenvalue weighted by Gasteiger charge is -2.37. The molecule has 0 bridgehead atoms. The van der Waals surface area contributed by atoms with Crippen LogP contribution in [0.2, 0.25) is 0 Å². The summed E-state index contributed by atoms with van der Waals surface area (Å²) in [6.45, 7) is 7.64. The molecule has 196 valence electrons. The summed E-state index contributed by atoms with van der Waals surface area (Å²) in [6.07, 6.45) is -0.379. The van der Waals surface area contributed by atoms with Crippen molar-refractivity contribution in [3.8, 4) is 17.6 Å².